The van der Waals surface area contributed by atoms with Crippen LogP contribution in [0.1, 0.15) is 33.1 Å². The maximum atomic E-state index is 11.1. The molecular formula is C10H19NO3. The number of rotatable bonds is 4. The molecule has 1 rings (SSSR count). The van der Waals surface area contributed by atoms with Crippen LogP contribution in [-0.2, 0) is 4.79 Å². The highest BCUT2D eigenvalue weighted by atomic mass is 16.4. The Morgan fingerprint density at radius 3 is 2.57 bits per heavy atom. The summed E-state index contributed by atoms with van der Waals surface area (Å²) >= 11 is 0. The number of carbonyl (C=O) groups is 1. The third-order valence-corrected chi connectivity index (χ3v) is 2.91. The molecule has 1 fully saturated rings. The van der Waals surface area contributed by atoms with Crippen LogP contribution in [0.4, 0.5) is 0 Å². The van der Waals surface area contributed by atoms with Gasteiger partial charge in [-0.05, 0) is 39.7 Å². The molecule has 1 saturated heterocycles. The Morgan fingerprint density at radius 1 is 1.57 bits per heavy atom. The second-order valence-electron chi connectivity index (χ2n) is 4.82. The predicted octanol–water partition coefficient (Wildman–Crippen LogP) is 0.602. The first-order chi connectivity index (χ1) is 6.36. The van der Waals surface area contributed by atoms with Crippen molar-refractivity contribution >= 4 is 5.97 Å². The second kappa shape index (κ2) is 3.87. The molecule has 0 spiro atoms. The summed E-state index contributed by atoms with van der Waals surface area (Å²) in [4.78, 5) is 11.1. The highest BCUT2D eigenvalue weighted by Gasteiger charge is 2.41. The Kier molecular flexibility index (Phi) is 3.17. The van der Waals surface area contributed by atoms with E-state index in [1.165, 1.54) is 0 Å². The lowest BCUT2D eigenvalue weighted by Gasteiger charge is -2.26. The zero-order valence-electron chi connectivity index (χ0n) is 8.84. The number of aliphatic carboxylic acids is 1. The van der Waals surface area contributed by atoms with Crippen molar-refractivity contribution in [1.29, 1.82) is 0 Å². The van der Waals surface area contributed by atoms with Gasteiger partial charge in [0.15, 0.2) is 0 Å². The van der Waals surface area contributed by atoms with Gasteiger partial charge in [0, 0.05) is 6.54 Å². The number of nitrogens with one attached hydrogen (secondary N) is 1. The highest BCUT2D eigenvalue weighted by molar-refractivity contribution is 5.75. The monoisotopic (exact) mass is 201 g/mol. The number of carboxylic acids is 1. The van der Waals surface area contributed by atoms with Crippen molar-refractivity contribution in [2.75, 3.05) is 13.1 Å². The normalized spacial score (nSPS) is 27.9. The van der Waals surface area contributed by atoms with Gasteiger partial charge < -0.3 is 15.5 Å². The van der Waals surface area contributed by atoms with Crippen molar-refractivity contribution in [1.82, 2.24) is 5.32 Å². The molecule has 4 nitrogen and oxygen atoms in total. The van der Waals surface area contributed by atoms with Gasteiger partial charge in [-0.25, -0.2) is 0 Å². The van der Waals surface area contributed by atoms with E-state index in [9.17, 15) is 9.90 Å². The van der Waals surface area contributed by atoms with E-state index in [1.54, 1.807) is 13.8 Å². The molecule has 1 atom stereocenters. The summed E-state index contributed by atoms with van der Waals surface area (Å²) in [5, 5.41) is 21.8. The van der Waals surface area contributed by atoms with Crippen LogP contribution in [0.2, 0.25) is 0 Å². The van der Waals surface area contributed by atoms with Gasteiger partial charge >= 0.3 is 5.97 Å². The van der Waals surface area contributed by atoms with Crippen LogP contribution in [0.3, 0.4) is 0 Å². The fraction of sp³-hybridized carbons (Fsp3) is 0.900. The fourth-order valence-electron chi connectivity index (χ4n) is 1.79. The summed E-state index contributed by atoms with van der Waals surface area (Å²) in [5.41, 5.74) is -1.43. The molecule has 1 aliphatic heterocycles. The minimum Gasteiger partial charge on any atom is -0.481 e. The lowest BCUT2D eigenvalue weighted by molar-refractivity contribution is -0.148. The molecule has 0 aromatic heterocycles. The summed E-state index contributed by atoms with van der Waals surface area (Å²) in [5.74, 6) is -0.744. The zero-order chi connectivity index (χ0) is 10.8. The lowest BCUT2D eigenvalue weighted by atomic mass is 9.80. The van der Waals surface area contributed by atoms with Crippen molar-refractivity contribution in [2.24, 2.45) is 5.41 Å². The zero-order valence-corrected chi connectivity index (χ0v) is 8.84. The maximum absolute atomic E-state index is 11.1. The van der Waals surface area contributed by atoms with Crippen LogP contribution in [0, 0.1) is 5.41 Å². The van der Waals surface area contributed by atoms with Crippen LogP contribution in [0.15, 0.2) is 0 Å². The maximum Gasteiger partial charge on any atom is 0.310 e. The van der Waals surface area contributed by atoms with E-state index in [0.717, 1.165) is 6.54 Å². The van der Waals surface area contributed by atoms with Crippen LogP contribution < -0.4 is 5.32 Å². The fourth-order valence-corrected chi connectivity index (χ4v) is 1.79. The van der Waals surface area contributed by atoms with E-state index >= 15 is 0 Å². The second-order valence-corrected chi connectivity index (χ2v) is 4.82. The molecule has 14 heavy (non-hydrogen) atoms. The summed E-state index contributed by atoms with van der Waals surface area (Å²) in [7, 11) is 0. The molecule has 82 valence electrons. The smallest absolute Gasteiger partial charge is 0.310 e. The summed E-state index contributed by atoms with van der Waals surface area (Å²) < 4.78 is 0. The van der Waals surface area contributed by atoms with Crippen LogP contribution in [0.5, 0.6) is 0 Å². The van der Waals surface area contributed by atoms with Crippen molar-refractivity contribution in [3.05, 3.63) is 0 Å². The van der Waals surface area contributed by atoms with E-state index in [-0.39, 0.29) is 0 Å². The van der Waals surface area contributed by atoms with E-state index in [2.05, 4.69) is 5.32 Å². The standard InChI is InChI=1S/C10H19NO3/c1-9(2,14)3-4-10(8(12)13)5-6-11-7-10/h11,14H,3-7H2,1-2H3,(H,12,13). The molecule has 1 aliphatic rings. The third-order valence-electron chi connectivity index (χ3n) is 2.91. The molecular weight excluding hydrogens is 182 g/mol. The number of hydrogen-bond donors (Lipinski definition) is 3. The molecule has 0 saturated carbocycles. The molecule has 3 N–H and O–H groups in total. The van der Waals surface area contributed by atoms with E-state index in [0.29, 0.717) is 25.8 Å². The highest BCUT2D eigenvalue weighted by Crippen LogP contribution is 2.33. The van der Waals surface area contributed by atoms with Gasteiger partial charge in [0.25, 0.3) is 0 Å². The van der Waals surface area contributed by atoms with Crippen molar-refractivity contribution in [3.63, 3.8) is 0 Å². The molecule has 1 unspecified atom stereocenters. The van der Waals surface area contributed by atoms with Gasteiger partial charge in [0.05, 0.1) is 11.0 Å². The Bertz CT molecular complexity index is 214. The SMILES string of the molecule is CC(C)(O)CCC1(C(=O)O)CCNC1. The quantitative estimate of drug-likeness (QED) is 0.623. The van der Waals surface area contributed by atoms with Crippen LogP contribution >= 0.6 is 0 Å². The number of carboxylic acid groups (broad SMARTS) is 1. The minimum absolute atomic E-state index is 0.526. The van der Waals surface area contributed by atoms with Gasteiger partial charge in [-0.1, -0.05) is 0 Å². The number of aliphatic hydroxyl groups is 1. The molecule has 0 aromatic carbocycles. The molecule has 4 heteroatoms. The minimum atomic E-state index is -0.773. The Labute approximate surface area is 84.3 Å². The van der Waals surface area contributed by atoms with Gasteiger partial charge in [-0.2, -0.15) is 0 Å². The first kappa shape index (κ1) is 11.5. The summed E-state index contributed by atoms with van der Waals surface area (Å²) in [6.45, 7) is 4.71. The first-order valence-electron chi connectivity index (χ1n) is 5.02. The Morgan fingerprint density at radius 2 is 2.21 bits per heavy atom. The average molecular weight is 201 g/mol. The largest absolute Gasteiger partial charge is 0.481 e. The predicted molar refractivity (Wildman–Crippen MR) is 53.1 cm³/mol. The lowest BCUT2D eigenvalue weighted by Crippen LogP contribution is -2.35. The van der Waals surface area contributed by atoms with Gasteiger partial charge in [0.2, 0.25) is 0 Å². The first-order valence-corrected chi connectivity index (χ1v) is 5.02. The van der Waals surface area contributed by atoms with Crippen molar-refractivity contribution < 1.29 is 15.0 Å². The Hall–Kier alpha value is -0.610. The van der Waals surface area contributed by atoms with Gasteiger partial charge in [-0.15, -0.1) is 0 Å². The van der Waals surface area contributed by atoms with Gasteiger partial charge in [0.1, 0.15) is 0 Å². The molecule has 1 heterocycles. The van der Waals surface area contributed by atoms with Crippen molar-refractivity contribution in [3.8, 4) is 0 Å². The van der Waals surface area contributed by atoms with E-state index in [1.807, 2.05) is 0 Å². The average Bonchev–Trinajstić information content (AvgIpc) is 2.48. The molecule has 0 aromatic rings. The summed E-state index contributed by atoms with van der Waals surface area (Å²) in [6.07, 6.45) is 1.73. The topological polar surface area (TPSA) is 69.6 Å². The van der Waals surface area contributed by atoms with Crippen LogP contribution in [0.25, 0.3) is 0 Å². The molecule has 0 bridgehead atoms. The van der Waals surface area contributed by atoms with Crippen LogP contribution in [-0.4, -0.2) is 34.9 Å². The molecule has 0 radical (unpaired) electrons. The Balaban J connectivity index is 2.57. The van der Waals surface area contributed by atoms with Crippen molar-refractivity contribution in [2.45, 2.75) is 38.7 Å². The van der Waals surface area contributed by atoms with Gasteiger partial charge in [-0.3, -0.25) is 4.79 Å². The third kappa shape index (κ3) is 2.69. The number of hydrogen-bond acceptors (Lipinski definition) is 3. The molecule has 0 aliphatic carbocycles. The van der Waals surface area contributed by atoms with E-state index < -0.39 is 17.0 Å². The summed E-state index contributed by atoms with van der Waals surface area (Å²) in [6, 6.07) is 0. The molecule has 0 amide bonds. The van der Waals surface area contributed by atoms with E-state index in [4.69, 9.17) is 5.11 Å².